The lowest BCUT2D eigenvalue weighted by molar-refractivity contribution is -0.711. The summed E-state index contributed by atoms with van der Waals surface area (Å²) >= 11 is 0. The first-order valence-corrected chi connectivity index (χ1v) is 2.94. The van der Waals surface area contributed by atoms with Crippen LogP contribution in [0.15, 0.2) is 18.2 Å². The summed E-state index contributed by atoms with van der Waals surface area (Å²) in [7, 11) is 0. The summed E-state index contributed by atoms with van der Waals surface area (Å²) < 4.78 is 0. The van der Waals surface area contributed by atoms with Crippen LogP contribution in [-0.2, 0) is 0 Å². The summed E-state index contributed by atoms with van der Waals surface area (Å²) in [6.07, 6.45) is 0. The van der Waals surface area contributed by atoms with Crippen molar-refractivity contribution in [2.24, 2.45) is 0 Å². The van der Waals surface area contributed by atoms with Crippen LogP contribution in [0.2, 0.25) is 0 Å². The average molecular weight is 171 g/mol. The van der Waals surface area contributed by atoms with Crippen LogP contribution < -0.4 is 4.84 Å². The predicted molar refractivity (Wildman–Crippen MR) is 37.4 cm³/mol. The second-order valence-electron chi connectivity index (χ2n) is 1.94. The summed E-state index contributed by atoms with van der Waals surface area (Å²) in [5, 5.41) is 26.6. The summed E-state index contributed by atoms with van der Waals surface area (Å²) in [4.78, 5) is 13.8. The summed E-state index contributed by atoms with van der Waals surface area (Å²) in [5.74, 6) is -1.50. The Balaban J connectivity index is 3.00. The Kier molecular flexibility index (Phi) is 2.00. The van der Waals surface area contributed by atoms with Gasteiger partial charge in [-0.1, -0.05) is 6.07 Å². The molecule has 2 N–H and O–H groups in total. The third-order valence-electron chi connectivity index (χ3n) is 1.15. The van der Waals surface area contributed by atoms with Gasteiger partial charge in [0.05, 0.1) is 0 Å². The molecule has 0 amide bonds. The molecule has 0 aliphatic heterocycles. The third kappa shape index (κ3) is 1.54. The number of aromatic hydroxyl groups is 2. The maximum Gasteiger partial charge on any atom is 0.299 e. The lowest BCUT2D eigenvalue weighted by atomic mass is 10.3. The molecule has 0 atom stereocenters. The Labute approximate surface area is 66.7 Å². The van der Waals surface area contributed by atoms with E-state index < -0.39 is 16.6 Å². The highest BCUT2D eigenvalue weighted by molar-refractivity contribution is 5.48. The van der Waals surface area contributed by atoms with Gasteiger partial charge in [-0.25, -0.2) is 0 Å². The number of benzene rings is 1. The van der Waals surface area contributed by atoms with Gasteiger partial charge in [0, 0.05) is 0 Å². The molecule has 0 fully saturated rings. The molecule has 0 radical (unpaired) electrons. The molecule has 0 spiro atoms. The third-order valence-corrected chi connectivity index (χ3v) is 1.15. The zero-order chi connectivity index (χ0) is 9.14. The average Bonchev–Trinajstić information content (AvgIpc) is 1.98. The Morgan fingerprint density at radius 1 is 1.42 bits per heavy atom. The number of phenolic OH excluding ortho intramolecular Hbond substituents is 2. The van der Waals surface area contributed by atoms with Gasteiger partial charge in [-0.3, -0.25) is 4.84 Å². The van der Waals surface area contributed by atoms with Crippen molar-refractivity contribution >= 4 is 0 Å². The molecule has 1 aromatic carbocycles. The van der Waals surface area contributed by atoms with Crippen molar-refractivity contribution in [3.8, 4) is 17.2 Å². The molecule has 6 nitrogen and oxygen atoms in total. The van der Waals surface area contributed by atoms with Gasteiger partial charge in [0.15, 0.2) is 17.2 Å². The second kappa shape index (κ2) is 2.95. The largest absolute Gasteiger partial charge is 0.504 e. The standard InChI is InChI=1S/C6H5NO5/c8-4-2-1-3-5(6(4)9)12-7(10)11/h1-3,8-9H. The Morgan fingerprint density at radius 2 is 2.08 bits per heavy atom. The first-order valence-electron chi connectivity index (χ1n) is 2.94. The Morgan fingerprint density at radius 3 is 2.67 bits per heavy atom. The Hall–Kier alpha value is -1.98. The molecule has 0 unspecified atom stereocenters. The molecule has 12 heavy (non-hydrogen) atoms. The van der Waals surface area contributed by atoms with Crippen molar-refractivity contribution in [1.82, 2.24) is 0 Å². The molecule has 0 aliphatic rings. The van der Waals surface area contributed by atoms with Gasteiger partial charge >= 0.3 is 0 Å². The van der Waals surface area contributed by atoms with E-state index in [2.05, 4.69) is 4.84 Å². The maximum absolute atomic E-state index is 9.82. The molecule has 0 bridgehead atoms. The molecule has 1 rings (SSSR count). The molecule has 0 saturated heterocycles. The number of para-hydroxylation sites is 1. The number of rotatable bonds is 2. The van der Waals surface area contributed by atoms with Crippen molar-refractivity contribution in [2.45, 2.75) is 0 Å². The normalized spacial score (nSPS) is 9.33. The van der Waals surface area contributed by atoms with E-state index in [-0.39, 0.29) is 5.75 Å². The molecule has 0 heterocycles. The van der Waals surface area contributed by atoms with E-state index >= 15 is 0 Å². The van der Waals surface area contributed by atoms with Gasteiger partial charge in [0.1, 0.15) is 0 Å². The highest BCUT2D eigenvalue weighted by atomic mass is 17.0. The van der Waals surface area contributed by atoms with E-state index in [0.717, 1.165) is 6.07 Å². The molecule has 0 aromatic heterocycles. The monoisotopic (exact) mass is 171 g/mol. The quantitative estimate of drug-likeness (QED) is 0.387. The minimum Gasteiger partial charge on any atom is -0.504 e. The number of nitrogens with zero attached hydrogens (tertiary/aromatic N) is 1. The fraction of sp³-hybridized carbons (Fsp3) is 0. The van der Waals surface area contributed by atoms with Crippen LogP contribution in [-0.4, -0.2) is 15.3 Å². The summed E-state index contributed by atoms with van der Waals surface area (Å²) in [6.45, 7) is 0. The summed E-state index contributed by atoms with van der Waals surface area (Å²) in [6, 6.07) is 3.66. The predicted octanol–water partition coefficient (Wildman–Crippen LogP) is 0.668. The van der Waals surface area contributed by atoms with Crippen LogP contribution in [0.25, 0.3) is 0 Å². The lowest BCUT2D eigenvalue weighted by Crippen LogP contribution is -2.03. The highest BCUT2D eigenvalue weighted by Crippen LogP contribution is 2.34. The minimum absolute atomic E-state index is 0.389. The van der Waals surface area contributed by atoms with Crippen LogP contribution >= 0.6 is 0 Å². The molecular formula is C6H5NO5. The van der Waals surface area contributed by atoms with Gasteiger partial charge in [0.2, 0.25) is 0 Å². The smallest absolute Gasteiger partial charge is 0.299 e. The van der Waals surface area contributed by atoms with Crippen molar-refractivity contribution in [3.05, 3.63) is 28.3 Å². The SMILES string of the molecule is O=[N+]([O-])Oc1cccc(O)c1O. The molecule has 6 heteroatoms. The fourth-order valence-corrected chi connectivity index (χ4v) is 0.665. The van der Waals surface area contributed by atoms with Gasteiger partial charge in [-0.15, -0.1) is 10.1 Å². The number of hydrogen-bond acceptors (Lipinski definition) is 5. The summed E-state index contributed by atoms with van der Waals surface area (Å²) in [5.41, 5.74) is 0. The van der Waals surface area contributed by atoms with E-state index in [4.69, 9.17) is 10.2 Å². The van der Waals surface area contributed by atoms with Crippen LogP contribution in [0.3, 0.4) is 0 Å². The molecule has 0 saturated carbocycles. The first kappa shape index (κ1) is 8.12. The zero-order valence-electron chi connectivity index (χ0n) is 5.80. The topological polar surface area (TPSA) is 92.8 Å². The Bertz CT molecular complexity index is 311. The van der Waals surface area contributed by atoms with Gasteiger partial charge < -0.3 is 10.2 Å². The van der Waals surface area contributed by atoms with E-state index in [9.17, 15) is 10.1 Å². The van der Waals surface area contributed by atoms with Crippen molar-refractivity contribution < 1.29 is 20.1 Å². The first-order chi connectivity index (χ1) is 5.61. The molecule has 1 aromatic rings. The van der Waals surface area contributed by atoms with Crippen LogP contribution in [0.5, 0.6) is 17.2 Å². The molecular weight excluding hydrogens is 166 g/mol. The highest BCUT2D eigenvalue weighted by Gasteiger charge is 2.08. The molecule has 64 valence electrons. The fourth-order valence-electron chi connectivity index (χ4n) is 0.665. The number of phenols is 2. The van der Waals surface area contributed by atoms with Crippen LogP contribution in [0.4, 0.5) is 0 Å². The van der Waals surface area contributed by atoms with Gasteiger partial charge in [-0.05, 0) is 12.1 Å². The van der Waals surface area contributed by atoms with E-state index in [1.54, 1.807) is 0 Å². The van der Waals surface area contributed by atoms with E-state index in [0.29, 0.717) is 0 Å². The van der Waals surface area contributed by atoms with E-state index in [1.807, 2.05) is 0 Å². The lowest BCUT2D eigenvalue weighted by Gasteiger charge is -2.01. The van der Waals surface area contributed by atoms with Crippen LogP contribution in [0.1, 0.15) is 0 Å². The maximum atomic E-state index is 9.82. The zero-order valence-corrected chi connectivity index (χ0v) is 5.80. The van der Waals surface area contributed by atoms with Crippen LogP contribution in [0, 0.1) is 10.1 Å². The van der Waals surface area contributed by atoms with Crippen molar-refractivity contribution in [2.75, 3.05) is 0 Å². The van der Waals surface area contributed by atoms with Gasteiger partial charge in [-0.2, -0.15) is 0 Å². The number of hydrogen-bond donors (Lipinski definition) is 2. The molecule has 0 aliphatic carbocycles. The minimum atomic E-state index is -1.07. The van der Waals surface area contributed by atoms with Crippen molar-refractivity contribution in [3.63, 3.8) is 0 Å². The van der Waals surface area contributed by atoms with E-state index in [1.165, 1.54) is 12.1 Å². The van der Waals surface area contributed by atoms with Crippen molar-refractivity contribution in [1.29, 1.82) is 0 Å². The van der Waals surface area contributed by atoms with Gasteiger partial charge in [0.25, 0.3) is 5.09 Å². The second-order valence-corrected chi connectivity index (χ2v) is 1.94.